The Labute approximate surface area is 270 Å². The Morgan fingerprint density at radius 1 is 0.630 bits per heavy atom. The highest BCUT2D eigenvalue weighted by Gasteiger charge is 2.20. The lowest BCUT2D eigenvalue weighted by molar-refractivity contribution is -0.133. The van der Waals surface area contributed by atoms with E-state index in [0.29, 0.717) is 48.7 Å². The molecule has 0 aliphatic rings. The number of amides is 2. The molecule has 4 aromatic rings. The molecule has 0 radical (unpaired) electrons. The number of hydrogen-bond acceptors (Lipinski definition) is 4. The predicted octanol–water partition coefficient (Wildman–Crippen LogP) is 7.98. The smallest absolute Gasteiger partial charge is 0.223 e. The van der Waals surface area contributed by atoms with Crippen molar-refractivity contribution in [1.82, 2.24) is 29.7 Å². The molecule has 10 heteroatoms. The Bertz CT molecular complexity index is 1470. The number of aromatic amines is 2. The van der Waals surface area contributed by atoms with Crippen LogP contribution in [0.4, 0.5) is 8.78 Å². The number of rotatable bonds is 15. The average molecular weight is 633 g/mol. The number of carbonyl (C=O) groups excluding carboxylic acids is 2. The molecule has 8 nitrogen and oxygen atoms in total. The molecule has 0 bridgehead atoms. The molecule has 2 aromatic carbocycles. The van der Waals surface area contributed by atoms with E-state index in [1.54, 1.807) is 9.80 Å². The number of H-pyrrole nitrogens is 2. The first-order valence-electron chi connectivity index (χ1n) is 16.2. The van der Waals surface area contributed by atoms with Crippen LogP contribution in [-0.2, 0) is 22.7 Å². The van der Waals surface area contributed by atoms with Crippen molar-refractivity contribution in [2.75, 3.05) is 13.1 Å². The van der Waals surface area contributed by atoms with Crippen molar-refractivity contribution in [3.8, 4) is 33.6 Å². The summed E-state index contributed by atoms with van der Waals surface area (Å²) in [5.74, 6) is 0.289. The summed E-state index contributed by atoms with van der Waals surface area (Å²) < 4.78 is 29.8. The second kappa shape index (κ2) is 15.8. The monoisotopic (exact) mass is 632 g/mol. The quantitative estimate of drug-likeness (QED) is 0.139. The number of nitrogens with zero attached hydrogens (tertiary/aromatic N) is 4. The number of imidazole rings is 2. The van der Waals surface area contributed by atoms with E-state index in [1.165, 1.54) is 0 Å². The Balaban J connectivity index is 1.45. The molecule has 0 spiro atoms. The SMILES string of the molecule is CCCN(Cc1nc(-c2ccc(-c3ccc(-c4nc(CN(CCC)C(=O)CC(C)C)[nH]c4F)cc3)cc2)c(F)[nH]1)C(=O)CC(C)C. The predicted molar refractivity (Wildman–Crippen MR) is 177 cm³/mol. The van der Waals surface area contributed by atoms with Gasteiger partial charge in [-0.1, -0.05) is 90.1 Å². The summed E-state index contributed by atoms with van der Waals surface area (Å²) in [6, 6.07) is 14.8. The molecule has 0 aliphatic carbocycles. The van der Waals surface area contributed by atoms with E-state index in [9.17, 15) is 18.4 Å². The van der Waals surface area contributed by atoms with Gasteiger partial charge in [0.1, 0.15) is 23.0 Å². The molecule has 0 aliphatic heterocycles. The van der Waals surface area contributed by atoms with Gasteiger partial charge in [-0.15, -0.1) is 0 Å². The Morgan fingerprint density at radius 2 is 0.957 bits per heavy atom. The van der Waals surface area contributed by atoms with E-state index in [2.05, 4.69) is 19.9 Å². The highest BCUT2D eigenvalue weighted by atomic mass is 19.1. The summed E-state index contributed by atoms with van der Waals surface area (Å²) in [6.45, 7) is 13.6. The van der Waals surface area contributed by atoms with Crippen LogP contribution in [0, 0.1) is 23.7 Å². The normalized spacial score (nSPS) is 11.4. The molecule has 46 heavy (non-hydrogen) atoms. The molecule has 0 unspecified atom stereocenters. The van der Waals surface area contributed by atoms with Crippen molar-refractivity contribution in [2.24, 2.45) is 11.8 Å². The first-order valence-corrected chi connectivity index (χ1v) is 16.2. The van der Waals surface area contributed by atoms with Crippen molar-refractivity contribution in [1.29, 1.82) is 0 Å². The zero-order valence-electron chi connectivity index (χ0n) is 27.8. The number of halogens is 2. The van der Waals surface area contributed by atoms with Crippen LogP contribution in [0.15, 0.2) is 48.5 Å². The van der Waals surface area contributed by atoms with Gasteiger partial charge in [0.2, 0.25) is 23.7 Å². The molecule has 2 N–H and O–H groups in total. The zero-order chi connectivity index (χ0) is 33.4. The van der Waals surface area contributed by atoms with E-state index in [0.717, 1.165) is 24.0 Å². The van der Waals surface area contributed by atoms with Crippen LogP contribution in [0.25, 0.3) is 33.6 Å². The van der Waals surface area contributed by atoms with Crippen molar-refractivity contribution >= 4 is 11.8 Å². The summed E-state index contributed by atoms with van der Waals surface area (Å²) in [7, 11) is 0. The van der Waals surface area contributed by atoms with Gasteiger partial charge in [-0.25, -0.2) is 9.97 Å². The number of benzene rings is 2. The lowest BCUT2D eigenvalue weighted by Gasteiger charge is -2.22. The first kappa shape index (κ1) is 34.5. The molecular formula is C36H46F2N6O2. The summed E-state index contributed by atoms with van der Waals surface area (Å²) in [6.07, 6.45) is 2.49. The molecule has 2 amide bonds. The largest absolute Gasteiger partial charge is 0.335 e. The second-order valence-electron chi connectivity index (χ2n) is 12.7. The summed E-state index contributed by atoms with van der Waals surface area (Å²) in [5, 5.41) is 0. The Hall–Kier alpha value is -4.34. The van der Waals surface area contributed by atoms with Gasteiger partial charge in [-0.2, -0.15) is 8.78 Å². The number of carbonyl (C=O) groups is 2. The van der Waals surface area contributed by atoms with Gasteiger partial charge in [-0.3, -0.25) is 9.59 Å². The number of aromatic nitrogens is 4. The van der Waals surface area contributed by atoms with Crippen LogP contribution in [0.5, 0.6) is 0 Å². The van der Waals surface area contributed by atoms with Gasteiger partial charge in [0.15, 0.2) is 0 Å². The number of nitrogens with one attached hydrogen (secondary N) is 2. The highest BCUT2D eigenvalue weighted by Crippen LogP contribution is 2.29. The van der Waals surface area contributed by atoms with Gasteiger partial charge in [0, 0.05) is 37.1 Å². The van der Waals surface area contributed by atoms with Crippen LogP contribution < -0.4 is 0 Å². The molecule has 0 fully saturated rings. The standard InChI is InChI=1S/C36H46F2N6O2/c1-7-17-43(31(45)19-23(3)4)21-29-39-33(35(37)41-29)27-13-9-25(10-14-27)26-11-15-28(16-12-26)34-36(38)42-30(40-34)22-44(18-8-2)32(46)20-24(5)6/h9-16,23-24H,7-8,17-22H2,1-6H3,(H,39,41)(H,40,42). The lowest BCUT2D eigenvalue weighted by atomic mass is 10.0. The second-order valence-corrected chi connectivity index (χ2v) is 12.7. The van der Waals surface area contributed by atoms with Crippen LogP contribution in [0.2, 0.25) is 0 Å². The van der Waals surface area contributed by atoms with Crippen LogP contribution in [0.1, 0.15) is 78.9 Å². The van der Waals surface area contributed by atoms with Crippen molar-refractivity contribution < 1.29 is 18.4 Å². The maximum atomic E-state index is 14.9. The van der Waals surface area contributed by atoms with E-state index in [-0.39, 0.29) is 48.1 Å². The third-order valence-corrected chi connectivity index (χ3v) is 7.61. The van der Waals surface area contributed by atoms with Gasteiger partial charge in [-0.05, 0) is 35.8 Å². The molecule has 2 heterocycles. The number of hydrogen-bond donors (Lipinski definition) is 2. The minimum Gasteiger partial charge on any atom is -0.335 e. The summed E-state index contributed by atoms with van der Waals surface area (Å²) in [4.78, 5) is 43.2. The lowest BCUT2D eigenvalue weighted by Crippen LogP contribution is -2.32. The summed E-state index contributed by atoms with van der Waals surface area (Å²) in [5.41, 5.74) is 3.46. The van der Waals surface area contributed by atoms with Crippen molar-refractivity contribution in [2.45, 2.75) is 80.3 Å². The molecule has 2 aromatic heterocycles. The van der Waals surface area contributed by atoms with Crippen molar-refractivity contribution in [3.05, 3.63) is 72.1 Å². The van der Waals surface area contributed by atoms with Crippen LogP contribution in [0.3, 0.4) is 0 Å². The fraction of sp³-hybridized carbons (Fsp3) is 0.444. The minimum absolute atomic E-state index is 0.0354. The molecule has 0 saturated carbocycles. The third-order valence-electron chi connectivity index (χ3n) is 7.61. The van der Waals surface area contributed by atoms with Gasteiger partial charge >= 0.3 is 0 Å². The molecule has 0 atom stereocenters. The van der Waals surface area contributed by atoms with Crippen LogP contribution >= 0.6 is 0 Å². The zero-order valence-corrected chi connectivity index (χ0v) is 27.8. The fourth-order valence-corrected chi connectivity index (χ4v) is 5.41. The molecule has 4 rings (SSSR count). The van der Waals surface area contributed by atoms with Gasteiger partial charge in [0.05, 0.1) is 13.1 Å². The van der Waals surface area contributed by atoms with E-state index in [4.69, 9.17) is 0 Å². The molecular weight excluding hydrogens is 586 g/mol. The molecule has 0 saturated heterocycles. The minimum atomic E-state index is -0.539. The van der Waals surface area contributed by atoms with E-state index >= 15 is 0 Å². The highest BCUT2D eigenvalue weighted by molar-refractivity contribution is 5.77. The fourth-order valence-electron chi connectivity index (χ4n) is 5.41. The topological polar surface area (TPSA) is 98.0 Å². The van der Waals surface area contributed by atoms with Gasteiger partial charge < -0.3 is 19.8 Å². The maximum Gasteiger partial charge on any atom is 0.223 e. The third kappa shape index (κ3) is 8.89. The molecule has 246 valence electrons. The summed E-state index contributed by atoms with van der Waals surface area (Å²) >= 11 is 0. The Kier molecular flexibility index (Phi) is 11.8. The first-order chi connectivity index (χ1) is 22.0. The van der Waals surface area contributed by atoms with E-state index < -0.39 is 11.9 Å². The van der Waals surface area contributed by atoms with Crippen molar-refractivity contribution in [3.63, 3.8) is 0 Å². The average Bonchev–Trinajstić information content (AvgIpc) is 3.57. The van der Waals surface area contributed by atoms with Gasteiger partial charge in [0.25, 0.3) is 0 Å². The van der Waals surface area contributed by atoms with Crippen LogP contribution in [-0.4, -0.2) is 54.6 Å². The Morgan fingerprint density at radius 3 is 1.26 bits per heavy atom. The van der Waals surface area contributed by atoms with E-state index in [1.807, 2.05) is 90.1 Å². The maximum absolute atomic E-state index is 14.9.